The molecule has 0 unspecified atom stereocenters. The van der Waals surface area contributed by atoms with Gasteiger partial charge in [-0.15, -0.1) is 0 Å². The minimum atomic E-state index is -4.38. The number of rotatable bonds is 22. The van der Waals surface area contributed by atoms with Crippen molar-refractivity contribution in [3.63, 3.8) is 0 Å². The van der Waals surface area contributed by atoms with Crippen molar-refractivity contribution in [3.8, 4) is 0 Å². The standard InChI is InChI=1S/C35H51F3N2O3/c1-3-4-5-6-7-8-9-10-11-12-13-14-15-24-39-34(42)32-20-16-30(17-21-32)27-40(25-26-43-29(2)41)28-31-18-22-33(23-19-31)35(36,37)38/h16-23H,3-15,24-28H2,1-2H3,(H,39,42). The van der Waals surface area contributed by atoms with E-state index >= 15 is 0 Å². The fourth-order valence-electron chi connectivity index (χ4n) is 5.06. The smallest absolute Gasteiger partial charge is 0.416 e. The van der Waals surface area contributed by atoms with Crippen LogP contribution in [0.5, 0.6) is 0 Å². The number of nitrogens with one attached hydrogen (secondary N) is 1. The van der Waals surface area contributed by atoms with Crippen molar-refractivity contribution in [2.24, 2.45) is 0 Å². The zero-order valence-electron chi connectivity index (χ0n) is 26.2. The number of unbranched alkanes of at least 4 members (excludes halogenated alkanes) is 12. The van der Waals surface area contributed by atoms with Gasteiger partial charge in [0.15, 0.2) is 0 Å². The highest BCUT2D eigenvalue weighted by Gasteiger charge is 2.30. The fourth-order valence-corrected chi connectivity index (χ4v) is 5.06. The van der Waals surface area contributed by atoms with Gasteiger partial charge in [-0.05, 0) is 41.8 Å². The number of hydrogen-bond acceptors (Lipinski definition) is 4. The van der Waals surface area contributed by atoms with Gasteiger partial charge in [0, 0.05) is 38.7 Å². The van der Waals surface area contributed by atoms with Gasteiger partial charge >= 0.3 is 12.1 Å². The van der Waals surface area contributed by atoms with Gasteiger partial charge in [-0.2, -0.15) is 13.2 Å². The maximum atomic E-state index is 12.9. The second-order valence-electron chi connectivity index (χ2n) is 11.4. The van der Waals surface area contributed by atoms with Crippen LogP contribution in [0.25, 0.3) is 0 Å². The SMILES string of the molecule is CCCCCCCCCCCCCCCNC(=O)c1ccc(CN(CCOC(C)=O)Cc2ccc(C(F)(F)F)cc2)cc1. The minimum absolute atomic E-state index is 0.0954. The van der Waals surface area contributed by atoms with Gasteiger partial charge in [0.1, 0.15) is 6.61 Å². The van der Waals surface area contributed by atoms with E-state index in [4.69, 9.17) is 4.74 Å². The van der Waals surface area contributed by atoms with Crippen molar-refractivity contribution < 1.29 is 27.5 Å². The quantitative estimate of drug-likeness (QED) is 0.108. The average Bonchev–Trinajstić information content (AvgIpc) is 2.97. The summed E-state index contributed by atoms with van der Waals surface area (Å²) < 4.78 is 43.8. The van der Waals surface area contributed by atoms with Crippen LogP contribution >= 0.6 is 0 Å². The van der Waals surface area contributed by atoms with Crippen LogP contribution in [-0.4, -0.2) is 36.5 Å². The number of carbonyl (C=O) groups excluding carboxylic acids is 2. The summed E-state index contributed by atoms with van der Waals surface area (Å²) in [4.78, 5) is 25.8. The molecule has 0 spiro atoms. The molecule has 0 fully saturated rings. The molecule has 2 aromatic rings. The number of carbonyl (C=O) groups is 2. The Balaban J connectivity index is 1.70. The van der Waals surface area contributed by atoms with Crippen LogP contribution in [0, 0.1) is 0 Å². The van der Waals surface area contributed by atoms with E-state index in [0.717, 1.165) is 36.1 Å². The normalized spacial score (nSPS) is 11.6. The molecule has 5 nitrogen and oxygen atoms in total. The molecule has 240 valence electrons. The van der Waals surface area contributed by atoms with Crippen molar-refractivity contribution >= 4 is 11.9 Å². The molecule has 0 aliphatic rings. The Morgan fingerprint density at radius 3 is 1.65 bits per heavy atom. The first-order valence-corrected chi connectivity index (χ1v) is 16.1. The molecule has 0 aliphatic carbocycles. The molecular formula is C35H51F3N2O3. The number of amides is 1. The van der Waals surface area contributed by atoms with Crippen LogP contribution in [0.1, 0.15) is 124 Å². The first kappa shape index (κ1) is 36.3. The second kappa shape index (κ2) is 20.9. The summed E-state index contributed by atoms with van der Waals surface area (Å²) in [5.74, 6) is -0.481. The van der Waals surface area contributed by atoms with Gasteiger partial charge in [0.2, 0.25) is 0 Å². The number of benzene rings is 2. The summed E-state index contributed by atoms with van der Waals surface area (Å²) in [6.07, 6.45) is 12.4. The van der Waals surface area contributed by atoms with Crippen LogP contribution in [0.4, 0.5) is 13.2 Å². The lowest BCUT2D eigenvalue weighted by atomic mass is 10.0. The highest BCUT2D eigenvalue weighted by molar-refractivity contribution is 5.94. The predicted molar refractivity (Wildman–Crippen MR) is 167 cm³/mol. The highest BCUT2D eigenvalue weighted by Crippen LogP contribution is 2.29. The average molecular weight is 605 g/mol. The Bertz CT molecular complexity index is 1040. The first-order chi connectivity index (χ1) is 20.7. The largest absolute Gasteiger partial charge is 0.465 e. The molecular weight excluding hydrogens is 553 g/mol. The molecule has 0 aliphatic heterocycles. The third-order valence-corrected chi connectivity index (χ3v) is 7.59. The van der Waals surface area contributed by atoms with Gasteiger partial charge in [-0.3, -0.25) is 14.5 Å². The number of alkyl halides is 3. The van der Waals surface area contributed by atoms with Gasteiger partial charge in [0.25, 0.3) is 5.91 Å². The van der Waals surface area contributed by atoms with Crippen LogP contribution in [0.3, 0.4) is 0 Å². The Hall–Kier alpha value is -2.87. The molecule has 0 radical (unpaired) electrons. The van der Waals surface area contributed by atoms with Gasteiger partial charge in [-0.25, -0.2) is 0 Å². The molecule has 2 aromatic carbocycles. The Kier molecular flexibility index (Phi) is 17.7. The summed E-state index contributed by atoms with van der Waals surface area (Å²) in [5, 5.41) is 3.01. The summed E-state index contributed by atoms with van der Waals surface area (Å²) >= 11 is 0. The van der Waals surface area contributed by atoms with E-state index in [2.05, 4.69) is 12.2 Å². The number of ether oxygens (including phenoxy) is 1. The van der Waals surface area contributed by atoms with E-state index in [9.17, 15) is 22.8 Å². The first-order valence-electron chi connectivity index (χ1n) is 16.1. The maximum absolute atomic E-state index is 12.9. The topological polar surface area (TPSA) is 58.6 Å². The van der Waals surface area contributed by atoms with Crippen molar-refractivity contribution in [2.75, 3.05) is 19.7 Å². The summed E-state index contributed by atoms with van der Waals surface area (Å²) in [5.41, 5.74) is 1.57. The Morgan fingerprint density at radius 1 is 0.721 bits per heavy atom. The van der Waals surface area contributed by atoms with E-state index in [1.165, 1.54) is 89.7 Å². The fraction of sp³-hybridized carbons (Fsp3) is 0.600. The maximum Gasteiger partial charge on any atom is 0.416 e. The molecule has 2 rings (SSSR count). The third-order valence-electron chi connectivity index (χ3n) is 7.59. The van der Waals surface area contributed by atoms with Crippen LogP contribution in [0.15, 0.2) is 48.5 Å². The molecule has 1 amide bonds. The number of nitrogens with zero attached hydrogens (tertiary/aromatic N) is 1. The number of halogens is 3. The van der Waals surface area contributed by atoms with E-state index in [0.29, 0.717) is 31.7 Å². The van der Waals surface area contributed by atoms with E-state index in [1.807, 2.05) is 17.0 Å². The van der Waals surface area contributed by atoms with Gasteiger partial charge in [0.05, 0.1) is 5.56 Å². The van der Waals surface area contributed by atoms with Crippen molar-refractivity contribution in [2.45, 2.75) is 117 Å². The molecule has 0 heterocycles. The molecule has 0 atom stereocenters. The second-order valence-corrected chi connectivity index (χ2v) is 11.4. The monoisotopic (exact) mass is 604 g/mol. The van der Waals surface area contributed by atoms with Crippen LogP contribution in [-0.2, 0) is 28.8 Å². The molecule has 0 saturated carbocycles. The minimum Gasteiger partial charge on any atom is -0.465 e. The lowest BCUT2D eigenvalue weighted by Crippen LogP contribution is -2.28. The van der Waals surface area contributed by atoms with Gasteiger partial charge in [-0.1, -0.05) is 108 Å². The van der Waals surface area contributed by atoms with Crippen LogP contribution in [0.2, 0.25) is 0 Å². The molecule has 8 heteroatoms. The van der Waals surface area contributed by atoms with Gasteiger partial charge < -0.3 is 10.1 Å². The lowest BCUT2D eigenvalue weighted by molar-refractivity contribution is -0.141. The number of hydrogen-bond donors (Lipinski definition) is 1. The summed E-state index contributed by atoms with van der Waals surface area (Å²) in [6.45, 7) is 5.72. The van der Waals surface area contributed by atoms with Crippen LogP contribution < -0.4 is 5.32 Å². The third kappa shape index (κ3) is 16.5. The van der Waals surface area contributed by atoms with Crippen molar-refractivity contribution in [1.29, 1.82) is 0 Å². The van der Waals surface area contributed by atoms with Crippen molar-refractivity contribution in [1.82, 2.24) is 10.2 Å². The molecule has 43 heavy (non-hydrogen) atoms. The molecule has 0 bridgehead atoms. The van der Waals surface area contributed by atoms with E-state index < -0.39 is 11.7 Å². The summed E-state index contributed by atoms with van der Waals surface area (Å²) in [7, 11) is 0. The Labute approximate surface area is 256 Å². The van der Waals surface area contributed by atoms with E-state index in [1.54, 1.807) is 12.1 Å². The molecule has 0 aromatic heterocycles. The van der Waals surface area contributed by atoms with Crippen molar-refractivity contribution in [3.05, 3.63) is 70.8 Å². The zero-order valence-corrected chi connectivity index (χ0v) is 26.2. The number of esters is 1. The Morgan fingerprint density at radius 2 is 1.19 bits per heavy atom. The van der Waals surface area contributed by atoms with E-state index in [-0.39, 0.29) is 18.5 Å². The lowest BCUT2D eigenvalue weighted by Gasteiger charge is -2.23. The zero-order chi connectivity index (χ0) is 31.3. The predicted octanol–water partition coefficient (Wildman–Crippen LogP) is 9.09. The summed E-state index contributed by atoms with van der Waals surface area (Å²) in [6, 6.07) is 12.4. The molecule has 0 saturated heterocycles. The molecule has 1 N–H and O–H groups in total. The highest BCUT2D eigenvalue weighted by atomic mass is 19.4.